The summed E-state index contributed by atoms with van der Waals surface area (Å²) in [7, 11) is 0. The minimum atomic E-state index is -0.984. The molecular formula is C16H18O3. The molecule has 0 radical (unpaired) electrons. The zero-order valence-corrected chi connectivity index (χ0v) is 11.4. The first-order chi connectivity index (χ1) is 8.88. The van der Waals surface area contributed by atoms with Crippen LogP contribution in [0.3, 0.4) is 0 Å². The van der Waals surface area contributed by atoms with Crippen LogP contribution in [0.1, 0.15) is 26.3 Å². The van der Waals surface area contributed by atoms with Gasteiger partial charge in [-0.25, -0.2) is 4.79 Å². The summed E-state index contributed by atoms with van der Waals surface area (Å²) in [5.74, 6) is 5.67. The van der Waals surface area contributed by atoms with E-state index in [9.17, 15) is 4.79 Å². The van der Waals surface area contributed by atoms with Crippen molar-refractivity contribution in [1.29, 1.82) is 0 Å². The molecule has 1 N–H and O–H groups in total. The maximum absolute atomic E-state index is 10.5. The highest BCUT2D eigenvalue weighted by Crippen LogP contribution is 2.19. The molecule has 19 heavy (non-hydrogen) atoms. The quantitative estimate of drug-likeness (QED) is 0.666. The second-order valence-corrected chi connectivity index (χ2v) is 5.05. The Morgan fingerprint density at radius 2 is 2.05 bits per heavy atom. The van der Waals surface area contributed by atoms with Crippen molar-refractivity contribution < 1.29 is 14.6 Å². The Morgan fingerprint density at radius 3 is 2.68 bits per heavy atom. The molecule has 0 atom stereocenters. The van der Waals surface area contributed by atoms with Crippen molar-refractivity contribution in [2.24, 2.45) is 5.41 Å². The van der Waals surface area contributed by atoms with Crippen LogP contribution in [0.15, 0.2) is 30.3 Å². The van der Waals surface area contributed by atoms with Crippen molar-refractivity contribution in [3.8, 4) is 17.6 Å². The zero-order chi connectivity index (χ0) is 14.3. The van der Waals surface area contributed by atoms with Crippen LogP contribution in [0.2, 0.25) is 0 Å². The number of carboxylic acids is 1. The first-order valence-corrected chi connectivity index (χ1v) is 6.01. The fourth-order valence-corrected chi connectivity index (χ4v) is 1.33. The highest BCUT2D eigenvalue weighted by molar-refractivity contribution is 5.85. The van der Waals surface area contributed by atoms with Crippen molar-refractivity contribution >= 4 is 12.0 Å². The van der Waals surface area contributed by atoms with E-state index < -0.39 is 5.97 Å². The lowest BCUT2D eigenvalue weighted by molar-refractivity contribution is -0.131. The van der Waals surface area contributed by atoms with Gasteiger partial charge in [-0.05, 0) is 32.9 Å². The third-order valence-electron chi connectivity index (χ3n) is 2.09. The van der Waals surface area contributed by atoms with E-state index in [-0.39, 0.29) is 12.0 Å². The van der Waals surface area contributed by atoms with E-state index in [4.69, 9.17) is 9.84 Å². The van der Waals surface area contributed by atoms with E-state index in [0.717, 1.165) is 11.6 Å². The first kappa shape index (κ1) is 14.8. The first-order valence-electron chi connectivity index (χ1n) is 6.01. The van der Waals surface area contributed by atoms with Gasteiger partial charge in [0, 0.05) is 17.1 Å². The van der Waals surface area contributed by atoms with Crippen LogP contribution >= 0.6 is 0 Å². The Bertz CT molecular complexity index is 525. The van der Waals surface area contributed by atoms with Crippen molar-refractivity contribution in [3.05, 3.63) is 35.9 Å². The van der Waals surface area contributed by atoms with E-state index >= 15 is 0 Å². The van der Waals surface area contributed by atoms with Crippen molar-refractivity contribution in [1.82, 2.24) is 0 Å². The Kier molecular flexibility index (Phi) is 5.20. The van der Waals surface area contributed by atoms with Crippen LogP contribution in [0, 0.1) is 17.3 Å². The Morgan fingerprint density at radius 1 is 1.37 bits per heavy atom. The fraction of sp³-hybridized carbons (Fsp3) is 0.312. The van der Waals surface area contributed by atoms with Gasteiger partial charge in [0.15, 0.2) is 0 Å². The predicted molar refractivity (Wildman–Crippen MR) is 75.8 cm³/mol. The Balaban J connectivity index is 2.73. The molecule has 0 saturated heterocycles. The molecule has 100 valence electrons. The van der Waals surface area contributed by atoms with Gasteiger partial charge in [-0.2, -0.15) is 0 Å². The van der Waals surface area contributed by atoms with Crippen LogP contribution < -0.4 is 4.74 Å². The maximum atomic E-state index is 10.5. The van der Waals surface area contributed by atoms with Crippen molar-refractivity contribution in [2.45, 2.75) is 20.8 Å². The monoisotopic (exact) mass is 258 g/mol. The lowest BCUT2D eigenvalue weighted by Crippen LogP contribution is -2.02. The van der Waals surface area contributed by atoms with E-state index in [0.29, 0.717) is 5.75 Å². The van der Waals surface area contributed by atoms with Crippen LogP contribution in [0.25, 0.3) is 6.08 Å². The number of carbonyl (C=O) groups is 1. The number of carboxylic acid groups (broad SMARTS) is 1. The molecule has 3 heteroatoms. The molecule has 3 nitrogen and oxygen atoms in total. The molecule has 1 aromatic carbocycles. The highest BCUT2D eigenvalue weighted by atomic mass is 16.5. The molecule has 0 heterocycles. The Hall–Kier alpha value is -2.21. The second-order valence-electron chi connectivity index (χ2n) is 5.05. The van der Waals surface area contributed by atoms with E-state index in [1.165, 1.54) is 6.08 Å². The molecule has 0 amide bonds. The maximum Gasteiger partial charge on any atom is 0.328 e. The minimum Gasteiger partial charge on any atom is -0.480 e. The standard InChI is InChI=1S/C16H18O3/c1-16(2,3)11-6-12-19-14-8-5-4-7-13(14)9-10-15(17)18/h4-5,7-10H,12H2,1-3H3,(H,17,18)/b10-9+. The summed E-state index contributed by atoms with van der Waals surface area (Å²) in [6, 6.07) is 7.26. The van der Waals surface area contributed by atoms with Gasteiger partial charge in [-0.15, -0.1) is 0 Å². The third kappa shape index (κ3) is 6.32. The summed E-state index contributed by atoms with van der Waals surface area (Å²) in [5, 5.41) is 8.62. The summed E-state index contributed by atoms with van der Waals surface area (Å²) < 4.78 is 5.55. The molecule has 0 unspecified atom stereocenters. The SMILES string of the molecule is CC(C)(C)C#CCOc1ccccc1/C=C/C(=O)O. The van der Waals surface area contributed by atoms with Gasteiger partial charge in [0.05, 0.1) is 0 Å². The summed E-state index contributed by atoms with van der Waals surface area (Å²) >= 11 is 0. The highest BCUT2D eigenvalue weighted by Gasteiger charge is 2.03. The molecule has 0 fully saturated rings. The minimum absolute atomic E-state index is 0.0495. The number of ether oxygens (including phenoxy) is 1. The summed E-state index contributed by atoms with van der Waals surface area (Å²) in [5.41, 5.74) is 0.675. The molecular weight excluding hydrogens is 240 g/mol. The summed E-state index contributed by atoms with van der Waals surface area (Å²) in [4.78, 5) is 10.5. The predicted octanol–water partition coefficient (Wildman–Crippen LogP) is 3.21. The van der Waals surface area contributed by atoms with Crippen molar-refractivity contribution in [3.63, 3.8) is 0 Å². The third-order valence-corrected chi connectivity index (χ3v) is 2.09. The normalized spacial score (nSPS) is 10.9. The number of rotatable bonds is 4. The van der Waals surface area contributed by atoms with Crippen molar-refractivity contribution in [2.75, 3.05) is 6.61 Å². The largest absolute Gasteiger partial charge is 0.480 e. The molecule has 0 aliphatic heterocycles. The van der Waals surface area contributed by atoms with Gasteiger partial charge in [-0.1, -0.05) is 30.0 Å². The number of benzene rings is 1. The van der Waals surface area contributed by atoms with E-state index in [1.54, 1.807) is 12.1 Å². The molecule has 0 aromatic heterocycles. The summed E-state index contributed by atoms with van der Waals surface area (Å²) in [6.45, 7) is 6.38. The second kappa shape index (κ2) is 6.65. The average Bonchev–Trinajstić information content (AvgIpc) is 2.32. The molecule has 0 aliphatic rings. The summed E-state index contributed by atoms with van der Waals surface area (Å²) in [6.07, 6.45) is 2.60. The van der Waals surface area contributed by atoms with Gasteiger partial charge in [0.2, 0.25) is 0 Å². The lowest BCUT2D eigenvalue weighted by Gasteiger charge is -2.08. The number of aliphatic carboxylic acids is 1. The fourth-order valence-electron chi connectivity index (χ4n) is 1.33. The van der Waals surface area contributed by atoms with Gasteiger partial charge < -0.3 is 9.84 Å². The lowest BCUT2D eigenvalue weighted by atomic mass is 9.98. The average molecular weight is 258 g/mol. The van der Waals surface area contributed by atoms with Crippen LogP contribution in [-0.2, 0) is 4.79 Å². The van der Waals surface area contributed by atoms with Crippen LogP contribution in [0.4, 0.5) is 0 Å². The molecule has 0 saturated carbocycles. The zero-order valence-electron chi connectivity index (χ0n) is 11.4. The van der Waals surface area contributed by atoms with E-state index in [1.807, 2.05) is 32.9 Å². The topological polar surface area (TPSA) is 46.5 Å². The Labute approximate surface area is 113 Å². The number of hydrogen-bond acceptors (Lipinski definition) is 2. The van der Waals surface area contributed by atoms with Crippen LogP contribution in [0.5, 0.6) is 5.75 Å². The molecule has 0 bridgehead atoms. The van der Waals surface area contributed by atoms with Crippen LogP contribution in [-0.4, -0.2) is 17.7 Å². The van der Waals surface area contributed by atoms with Gasteiger partial charge in [0.1, 0.15) is 12.4 Å². The smallest absolute Gasteiger partial charge is 0.328 e. The van der Waals surface area contributed by atoms with Gasteiger partial charge >= 0.3 is 5.97 Å². The van der Waals surface area contributed by atoms with Gasteiger partial charge in [-0.3, -0.25) is 0 Å². The number of hydrogen-bond donors (Lipinski definition) is 1. The van der Waals surface area contributed by atoms with Gasteiger partial charge in [0.25, 0.3) is 0 Å². The van der Waals surface area contributed by atoms with E-state index in [2.05, 4.69) is 11.8 Å². The molecule has 1 rings (SSSR count). The molecule has 1 aromatic rings. The number of para-hydroxylation sites is 1. The molecule has 0 aliphatic carbocycles. The molecule has 0 spiro atoms.